The Labute approximate surface area is 126 Å². The highest BCUT2D eigenvalue weighted by Gasteiger charge is 2.01. The van der Waals surface area contributed by atoms with Crippen molar-refractivity contribution in [3.05, 3.63) is 24.3 Å². The molecular formula is C15H23NO3S. The first-order valence-electron chi connectivity index (χ1n) is 6.95. The molecule has 1 aromatic rings. The molecule has 4 nitrogen and oxygen atoms in total. The normalized spacial score (nSPS) is 11.6. The van der Waals surface area contributed by atoms with Gasteiger partial charge in [-0.3, -0.25) is 0 Å². The Morgan fingerprint density at radius 3 is 2.45 bits per heavy atom. The largest absolute Gasteiger partial charge is 0.492 e. The van der Waals surface area contributed by atoms with Gasteiger partial charge in [-0.2, -0.15) is 0 Å². The molecule has 0 amide bonds. The third-order valence-electron chi connectivity index (χ3n) is 2.65. The van der Waals surface area contributed by atoms with Gasteiger partial charge in [-0.1, -0.05) is 6.92 Å². The molecule has 0 aliphatic heterocycles. The topological polar surface area (TPSA) is 39.7 Å². The number of ether oxygens (including phenoxy) is 3. The summed E-state index contributed by atoms with van der Waals surface area (Å²) in [4.78, 5) is 0. The van der Waals surface area contributed by atoms with E-state index in [-0.39, 0.29) is 6.10 Å². The molecule has 20 heavy (non-hydrogen) atoms. The molecule has 0 aromatic heterocycles. The highest BCUT2D eigenvalue weighted by atomic mass is 32.1. The molecule has 5 heteroatoms. The van der Waals surface area contributed by atoms with Crippen LogP contribution in [0.25, 0.3) is 0 Å². The van der Waals surface area contributed by atoms with E-state index < -0.39 is 0 Å². The van der Waals surface area contributed by atoms with Crippen LogP contribution < -0.4 is 14.8 Å². The summed E-state index contributed by atoms with van der Waals surface area (Å²) in [5.74, 6) is 1.67. The van der Waals surface area contributed by atoms with E-state index in [1.165, 1.54) is 0 Å². The molecule has 0 radical (unpaired) electrons. The van der Waals surface area contributed by atoms with Crippen molar-refractivity contribution >= 4 is 17.4 Å². The molecule has 0 fully saturated rings. The van der Waals surface area contributed by atoms with Gasteiger partial charge in [0.1, 0.15) is 18.1 Å². The second-order valence-corrected chi connectivity index (χ2v) is 4.67. The van der Waals surface area contributed by atoms with Crippen molar-refractivity contribution in [2.24, 2.45) is 0 Å². The molecule has 0 bridgehead atoms. The van der Waals surface area contributed by atoms with Gasteiger partial charge in [0.15, 0.2) is 0 Å². The van der Waals surface area contributed by atoms with Crippen LogP contribution in [0, 0.1) is 0 Å². The van der Waals surface area contributed by atoms with E-state index in [1.54, 1.807) is 0 Å². The number of hydrogen-bond donors (Lipinski definition) is 1. The number of nitrogens with one attached hydrogen (secondary N) is 1. The molecule has 1 aromatic carbocycles. The van der Waals surface area contributed by atoms with Crippen molar-refractivity contribution in [2.45, 2.75) is 33.3 Å². The third kappa shape index (κ3) is 6.61. The highest BCUT2D eigenvalue weighted by molar-refractivity contribution is 7.80. The maximum atomic E-state index is 5.70. The Balaban J connectivity index is 2.26. The van der Waals surface area contributed by atoms with E-state index in [1.807, 2.05) is 31.2 Å². The second kappa shape index (κ2) is 9.42. The first-order valence-corrected chi connectivity index (χ1v) is 7.36. The lowest BCUT2D eigenvalue weighted by atomic mass is 10.3. The van der Waals surface area contributed by atoms with Crippen LogP contribution >= 0.6 is 12.2 Å². The van der Waals surface area contributed by atoms with Crippen molar-refractivity contribution in [3.63, 3.8) is 0 Å². The summed E-state index contributed by atoms with van der Waals surface area (Å²) in [6.45, 7) is 7.76. The van der Waals surface area contributed by atoms with Crippen LogP contribution in [0.3, 0.4) is 0 Å². The maximum Gasteiger partial charge on any atom is 0.256 e. The van der Waals surface area contributed by atoms with Crippen LogP contribution in [0.15, 0.2) is 24.3 Å². The van der Waals surface area contributed by atoms with Crippen molar-refractivity contribution in [3.8, 4) is 11.5 Å². The third-order valence-corrected chi connectivity index (χ3v) is 2.91. The zero-order valence-electron chi connectivity index (χ0n) is 12.3. The van der Waals surface area contributed by atoms with Gasteiger partial charge in [0.2, 0.25) is 0 Å². The minimum atomic E-state index is 0.227. The van der Waals surface area contributed by atoms with Crippen molar-refractivity contribution in [1.82, 2.24) is 5.32 Å². The zero-order chi connectivity index (χ0) is 14.8. The Morgan fingerprint density at radius 1 is 1.20 bits per heavy atom. The molecule has 1 N–H and O–H groups in total. The van der Waals surface area contributed by atoms with Crippen LogP contribution in [0.1, 0.15) is 27.2 Å². The molecule has 0 aliphatic rings. The minimum absolute atomic E-state index is 0.227. The Hall–Kier alpha value is -1.49. The molecule has 0 aliphatic carbocycles. The number of hydrogen-bond acceptors (Lipinski definition) is 4. The monoisotopic (exact) mass is 297 g/mol. The number of benzene rings is 1. The molecule has 1 atom stereocenters. The predicted molar refractivity (Wildman–Crippen MR) is 84.5 cm³/mol. The van der Waals surface area contributed by atoms with Gasteiger partial charge in [0.05, 0.1) is 19.3 Å². The lowest BCUT2D eigenvalue weighted by Crippen LogP contribution is -2.28. The van der Waals surface area contributed by atoms with E-state index in [0.29, 0.717) is 24.9 Å². The standard InChI is InChI=1S/C15H23NO3S/c1-4-12(3)19-14-8-6-13(7-9-14)18-11-10-16-15(20)17-5-2/h6-9,12H,4-5,10-11H2,1-3H3,(H,16,20). The van der Waals surface area contributed by atoms with Crippen molar-refractivity contribution in [1.29, 1.82) is 0 Å². The van der Waals surface area contributed by atoms with Gasteiger partial charge in [0.25, 0.3) is 5.17 Å². The fourth-order valence-corrected chi connectivity index (χ4v) is 1.65. The van der Waals surface area contributed by atoms with Crippen molar-refractivity contribution in [2.75, 3.05) is 19.8 Å². The number of rotatable bonds is 8. The summed E-state index contributed by atoms with van der Waals surface area (Å²) in [6.07, 6.45) is 1.22. The SMILES string of the molecule is CCOC(=S)NCCOc1ccc(OC(C)CC)cc1. The molecule has 1 rings (SSSR count). The summed E-state index contributed by atoms with van der Waals surface area (Å²) in [5, 5.41) is 3.37. The van der Waals surface area contributed by atoms with Crippen LogP contribution in [-0.4, -0.2) is 31.0 Å². The highest BCUT2D eigenvalue weighted by Crippen LogP contribution is 2.19. The molecule has 0 saturated carbocycles. The molecule has 112 valence electrons. The molecule has 1 unspecified atom stereocenters. The van der Waals surface area contributed by atoms with Crippen LogP contribution in [-0.2, 0) is 4.74 Å². The summed E-state index contributed by atoms with van der Waals surface area (Å²) in [7, 11) is 0. The van der Waals surface area contributed by atoms with Gasteiger partial charge < -0.3 is 19.5 Å². The molecular weight excluding hydrogens is 274 g/mol. The van der Waals surface area contributed by atoms with Crippen molar-refractivity contribution < 1.29 is 14.2 Å². The van der Waals surface area contributed by atoms with Gasteiger partial charge in [0, 0.05) is 0 Å². The van der Waals surface area contributed by atoms with Gasteiger partial charge in [-0.25, -0.2) is 0 Å². The Bertz CT molecular complexity index is 395. The first-order chi connectivity index (χ1) is 9.65. The van der Waals surface area contributed by atoms with Gasteiger partial charge in [-0.15, -0.1) is 0 Å². The average Bonchev–Trinajstić information content (AvgIpc) is 2.45. The Kier molecular flexibility index (Phi) is 7.80. The number of thiocarbonyl (C=S) groups is 1. The van der Waals surface area contributed by atoms with Gasteiger partial charge in [-0.05, 0) is 56.8 Å². The van der Waals surface area contributed by atoms with E-state index >= 15 is 0 Å². The lowest BCUT2D eigenvalue weighted by Gasteiger charge is -2.13. The fraction of sp³-hybridized carbons (Fsp3) is 0.533. The van der Waals surface area contributed by atoms with E-state index in [0.717, 1.165) is 17.9 Å². The van der Waals surface area contributed by atoms with Crippen LogP contribution in [0.4, 0.5) is 0 Å². The quantitative estimate of drug-likeness (QED) is 0.589. The van der Waals surface area contributed by atoms with Crippen LogP contribution in [0.2, 0.25) is 0 Å². The molecule has 0 spiro atoms. The average molecular weight is 297 g/mol. The minimum Gasteiger partial charge on any atom is -0.492 e. The molecule has 0 heterocycles. The first kappa shape index (κ1) is 16.6. The second-order valence-electron chi connectivity index (χ2n) is 4.30. The summed E-state index contributed by atoms with van der Waals surface area (Å²) < 4.78 is 16.4. The predicted octanol–water partition coefficient (Wildman–Crippen LogP) is 3.15. The smallest absolute Gasteiger partial charge is 0.256 e. The molecule has 0 saturated heterocycles. The van der Waals surface area contributed by atoms with E-state index in [9.17, 15) is 0 Å². The fourth-order valence-electron chi connectivity index (χ4n) is 1.43. The summed E-state index contributed by atoms with van der Waals surface area (Å²) in [5.41, 5.74) is 0. The maximum absolute atomic E-state index is 5.70. The van der Waals surface area contributed by atoms with Gasteiger partial charge >= 0.3 is 0 Å². The summed E-state index contributed by atoms with van der Waals surface area (Å²) in [6, 6.07) is 7.64. The zero-order valence-corrected chi connectivity index (χ0v) is 13.2. The van der Waals surface area contributed by atoms with E-state index in [4.69, 9.17) is 26.4 Å². The van der Waals surface area contributed by atoms with Crippen LogP contribution in [0.5, 0.6) is 11.5 Å². The summed E-state index contributed by atoms with van der Waals surface area (Å²) >= 11 is 4.95. The Morgan fingerprint density at radius 2 is 1.85 bits per heavy atom. The van der Waals surface area contributed by atoms with E-state index in [2.05, 4.69) is 19.2 Å². The lowest BCUT2D eigenvalue weighted by molar-refractivity contribution is 0.217.